The second kappa shape index (κ2) is 6.70. The van der Waals surface area contributed by atoms with Gasteiger partial charge in [0.25, 0.3) is 0 Å². The molecule has 0 aromatic heterocycles. The SMILES string of the molecule is CC1CN(CCOC(C)C)C(C)(c2ccccc2)CN1. The first kappa shape index (κ1) is 15.5. The van der Waals surface area contributed by atoms with Crippen LogP contribution in [0.25, 0.3) is 0 Å². The average Bonchev–Trinajstić information content (AvgIpc) is 2.43. The Morgan fingerprint density at radius 3 is 2.70 bits per heavy atom. The molecule has 1 aromatic carbocycles. The lowest BCUT2D eigenvalue weighted by atomic mass is 9.87. The fourth-order valence-corrected chi connectivity index (χ4v) is 2.90. The van der Waals surface area contributed by atoms with Crippen molar-refractivity contribution in [1.82, 2.24) is 10.2 Å². The van der Waals surface area contributed by atoms with Gasteiger partial charge < -0.3 is 10.1 Å². The summed E-state index contributed by atoms with van der Waals surface area (Å²) < 4.78 is 5.75. The van der Waals surface area contributed by atoms with Crippen LogP contribution in [-0.2, 0) is 10.3 Å². The molecule has 0 aliphatic carbocycles. The van der Waals surface area contributed by atoms with Crippen LogP contribution in [0.5, 0.6) is 0 Å². The van der Waals surface area contributed by atoms with E-state index in [2.05, 4.69) is 68.2 Å². The number of nitrogens with one attached hydrogen (secondary N) is 1. The van der Waals surface area contributed by atoms with Crippen molar-refractivity contribution in [2.75, 3.05) is 26.2 Å². The number of ether oxygens (including phenoxy) is 1. The van der Waals surface area contributed by atoms with Gasteiger partial charge in [-0.15, -0.1) is 0 Å². The molecule has 1 saturated heterocycles. The van der Waals surface area contributed by atoms with Crippen LogP contribution in [0.3, 0.4) is 0 Å². The van der Waals surface area contributed by atoms with Gasteiger partial charge in [0.05, 0.1) is 18.2 Å². The Labute approximate surface area is 123 Å². The Bertz CT molecular complexity index is 407. The lowest BCUT2D eigenvalue weighted by molar-refractivity contribution is 0.00381. The van der Waals surface area contributed by atoms with Crippen molar-refractivity contribution in [2.24, 2.45) is 0 Å². The molecule has 1 fully saturated rings. The number of benzene rings is 1. The maximum atomic E-state index is 5.75. The van der Waals surface area contributed by atoms with Gasteiger partial charge in [0.2, 0.25) is 0 Å². The molecule has 0 bridgehead atoms. The summed E-state index contributed by atoms with van der Waals surface area (Å²) in [5, 5.41) is 3.62. The van der Waals surface area contributed by atoms with E-state index in [9.17, 15) is 0 Å². The van der Waals surface area contributed by atoms with Crippen LogP contribution >= 0.6 is 0 Å². The number of hydrogen-bond acceptors (Lipinski definition) is 3. The molecule has 0 radical (unpaired) electrons. The highest BCUT2D eigenvalue weighted by atomic mass is 16.5. The topological polar surface area (TPSA) is 24.5 Å². The third kappa shape index (κ3) is 3.60. The van der Waals surface area contributed by atoms with Crippen molar-refractivity contribution in [2.45, 2.75) is 45.4 Å². The highest BCUT2D eigenvalue weighted by molar-refractivity contribution is 5.25. The Morgan fingerprint density at radius 1 is 1.35 bits per heavy atom. The van der Waals surface area contributed by atoms with E-state index in [0.29, 0.717) is 12.1 Å². The van der Waals surface area contributed by atoms with Crippen molar-refractivity contribution < 1.29 is 4.74 Å². The molecule has 1 heterocycles. The second-order valence-corrected chi connectivity index (χ2v) is 6.29. The molecule has 2 rings (SSSR count). The molecule has 2 unspecified atom stereocenters. The first-order valence-corrected chi connectivity index (χ1v) is 7.68. The lowest BCUT2D eigenvalue weighted by Crippen LogP contribution is -2.61. The van der Waals surface area contributed by atoms with E-state index >= 15 is 0 Å². The smallest absolute Gasteiger partial charge is 0.0597 e. The van der Waals surface area contributed by atoms with Gasteiger partial charge in [-0.25, -0.2) is 0 Å². The van der Waals surface area contributed by atoms with E-state index in [1.165, 1.54) is 5.56 Å². The molecule has 1 aromatic rings. The second-order valence-electron chi connectivity index (χ2n) is 6.29. The van der Waals surface area contributed by atoms with E-state index in [4.69, 9.17) is 4.74 Å². The van der Waals surface area contributed by atoms with Crippen LogP contribution in [0.1, 0.15) is 33.3 Å². The largest absolute Gasteiger partial charge is 0.377 e. The fourth-order valence-electron chi connectivity index (χ4n) is 2.90. The van der Waals surface area contributed by atoms with Crippen LogP contribution in [0.2, 0.25) is 0 Å². The van der Waals surface area contributed by atoms with E-state index in [1.54, 1.807) is 0 Å². The minimum Gasteiger partial charge on any atom is -0.377 e. The van der Waals surface area contributed by atoms with Gasteiger partial charge >= 0.3 is 0 Å². The number of piperazine rings is 1. The van der Waals surface area contributed by atoms with Crippen LogP contribution < -0.4 is 5.32 Å². The molecule has 1 aliphatic heterocycles. The summed E-state index contributed by atoms with van der Waals surface area (Å²) in [5.74, 6) is 0. The highest BCUT2D eigenvalue weighted by Crippen LogP contribution is 2.30. The van der Waals surface area contributed by atoms with Crippen LogP contribution in [0.15, 0.2) is 30.3 Å². The van der Waals surface area contributed by atoms with Crippen molar-refractivity contribution in [3.63, 3.8) is 0 Å². The predicted octanol–water partition coefficient (Wildman–Crippen LogP) is 2.62. The Morgan fingerprint density at radius 2 is 2.05 bits per heavy atom. The van der Waals surface area contributed by atoms with Crippen LogP contribution in [0.4, 0.5) is 0 Å². The van der Waals surface area contributed by atoms with Crippen molar-refractivity contribution in [3.8, 4) is 0 Å². The highest BCUT2D eigenvalue weighted by Gasteiger charge is 2.37. The quantitative estimate of drug-likeness (QED) is 0.895. The van der Waals surface area contributed by atoms with Crippen molar-refractivity contribution in [3.05, 3.63) is 35.9 Å². The normalized spacial score (nSPS) is 27.9. The van der Waals surface area contributed by atoms with Crippen LogP contribution in [-0.4, -0.2) is 43.3 Å². The van der Waals surface area contributed by atoms with Gasteiger partial charge in [-0.1, -0.05) is 30.3 Å². The van der Waals surface area contributed by atoms with E-state index < -0.39 is 0 Å². The number of hydrogen-bond donors (Lipinski definition) is 1. The molecule has 1 aliphatic rings. The zero-order valence-electron chi connectivity index (χ0n) is 13.2. The summed E-state index contributed by atoms with van der Waals surface area (Å²) in [5.41, 5.74) is 1.43. The summed E-state index contributed by atoms with van der Waals surface area (Å²) in [7, 11) is 0. The summed E-state index contributed by atoms with van der Waals surface area (Å²) in [4.78, 5) is 2.56. The monoisotopic (exact) mass is 276 g/mol. The zero-order chi connectivity index (χ0) is 14.6. The molecular formula is C17H28N2O. The van der Waals surface area contributed by atoms with Crippen molar-refractivity contribution >= 4 is 0 Å². The third-order valence-electron chi connectivity index (χ3n) is 4.20. The summed E-state index contributed by atoms with van der Waals surface area (Å²) in [6, 6.07) is 11.3. The van der Waals surface area contributed by atoms with Crippen molar-refractivity contribution in [1.29, 1.82) is 0 Å². The maximum Gasteiger partial charge on any atom is 0.0597 e. The van der Waals surface area contributed by atoms with E-state index in [-0.39, 0.29) is 5.54 Å². The fraction of sp³-hybridized carbons (Fsp3) is 0.647. The van der Waals surface area contributed by atoms with Gasteiger partial charge in [-0.2, -0.15) is 0 Å². The zero-order valence-corrected chi connectivity index (χ0v) is 13.2. The molecule has 0 amide bonds. The summed E-state index contributed by atoms with van der Waals surface area (Å²) in [6.07, 6.45) is 0.304. The average molecular weight is 276 g/mol. The van der Waals surface area contributed by atoms with Gasteiger partial charge in [0.1, 0.15) is 0 Å². The predicted molar refractivity (Wildman–Crippen MR) is 83.9 cm³/mol. The molecule has 3 nitrogen and oxygen atoms in total. The first-order valence-electron chi connectivity index (χ1n) is 7.68. The van der Waals surface area contributed by atoms with Gasteiger partial charge in [0, 0.05) is 25.7 Å². The maximum absolute atomic E-state index is 5.75. The summed E-state index contributed by atoms with van der Waals surface area (Å²) >= 11 is 0. The Hall–Kier alpha value is -0.900. The molecule has 0 saturated carbocycles. The first-order chi connectivity index (χ1) is 9.52. The number of nitrogens with zero attached hydrogens (tertiary/aromatic N) is 1. The number of rotatable bonds is 5. The van der Waals surface area contributed by atoms with E-state index in [0.717, 1.165) is 26.2 Å². The molecule has 112 valence electrons. The minimum atomic E-state index is 0.0497. The minimum absolute atomic E-state index is 0.0497. The molecule has 0 spiro atoms. The summed E-state index contributed by atoms with van der Waals surface area (Å²) in [6.45, 7) is 12.6. The molecule has 20 heavy (non-hydrogen) atoms. The molecule has 1 N–H and O–H groups in total. The van der Waals surface area contributed by atoms with Crippen LogP contribution in [0, 0.1) is 0 Å². The molecule has 3 heteroatoms. The van der Waals surface area contributed by atoms with E-state index in [1.807, 2.05) is 0 Å². The Balaban J connectivity index is 2.11. The Kier molecular flexibility index (Phi) is 5.19. The van der Waals surface area contributed by atoms with Gasteiger partial charge in [0.15, 0.2) is 0 Å². The molecule has 2 atom stereocenters. The van der Waals surface area contributed by atoms with Gasteiger partial charge in [-0.3, -0.25) is 4.90 Å². The molecular weight excluding hydrogens is 248 g/mol. The standard InChI is InChI=1S/C17H28N2O/c1-14(2)20-11-10-19-12-15(3)18-13-17(19,4)16-8-6-5-7-9-16/h5-9,14-15,18H,10-13H2,1-4H3. The third-order valence-corrected chi connectivity index (χ3v) is 4.20. The lowest BCUT2D eigenvalue weighted by Gasteiger charge is -2.48. The van der Waals surface area contributed by atoms with Gasteiger partial charge in [-0.05, 0) is 33.3 Å².